The Balaban J connectivity index is 2.16. The van der Waals surface area contributed by atoms with Gasteiger partial charge in [-0.2, -0.15) is 0 Å². The average Bonchev–Trinajstić information content (AvgIpc) is 2.91. The van der Waals surface area contributed by atoms with Crippen molar-refractivity contribution in [3.63, 3.8) is 0 Å². The minimum atomic E-state index is 0.612. The molecule has 1 saturated heterocycles. The molecule has 2 N–H and O–H groups in total. The fraction of sp³-hybridized carbons (Fsp3) is 0.769. The number of aromatic nitrogens is 1. The third-order valence-corrected chi connectivity index (χ3v) is 4.97. The van der Waals surface area contributed by atoms with Gasteiger partial charge in [0.25, 0.3) is 0 Å². The standard InChI is InChI=1S/C13H24N4S/c1-5-10-12(6-14)18-13(15-10)17-7-9(2)11(8-17)16(3)4/h9,11H,5-8,14H2,1-4H3. The van der Waals surface area contributed by atoms with Gasteiger partial charge in [-0.05, 0) is 26.4 Å². The Labute approximate surface area is 114 Å². The Morgan fingerprint density at radius 3 is 2.61 bits per heavy atom. The van der Waals surface area contributed by atoms with E-state index in [0.29, 0.717) is 18.5 Å². The summed E-state index contributed by atoms with van der Waals surface area (Å²) < 4.78 is 0. The summed E-state index contributed by atoms with van der Waals surface area (Å²) in [6.07, 6.45) is 0.976. The molecule has 1 aliphatic rings. The van der Waals surface area contributed by atoms with Crippen molar-refractivity contribution in [1.82, 2.24) is 9.88 Å². The molecular weight excluding hydrogens is 244 g/mol. The maximum Gasteiger partial charge on any atom is 0.185 e. The zero-order chi connectivity index (χ0) is 13.3. The molecule has 0 saturated carbocycles. The highest BCUT2D eigenvalue weighted by Crippen LogP contribution is 2.31. The average molecular weight is 268 g/mol. The molecule has 0 aromatic carbocycles. The SMILES string of the molecule is CCc1nc(N2CC(C)C(N(C)C)C2)sc1CN. The fourth-order valence-electron chi connectivity index (χ4n) is 2.72. The van der Waals surface area contributed by atoms with Gasteiger partial charge in [-0.3, -0.25) is 0 Å². The molecule has 1 fully saturated rings. The number of likely N-dealkylation sites (N-methyl/N-ethyl adjacent to an activating group) is 1. The summed E-state index contributed by atoms with van der Waals surface area (Å²) in [4.78, 5) is 10.7. The molecule has 2 rings (SSSR count). The third kappa shape index (κ3) is 2.53. The minimum Gasteiger partial charge on any atom is -0.346 e. The van der Waals surface area contributed by atoms with Gasteiger partial charge in [0, 0.05) is 30.6 Å². The Hall–Kier alpha value is -0.650. The van der Waals surface area contributed by atoms with Crippen molar-refractivity contribution >= 4 is 16.5 Å². The number of thiazole rings is 1. The number of anilines is 1. The van der Waals surface area contributed by atoms with Gasteiger partial charge in [-0.1, -0.05) is 13.8 Å². The molecule has 0 bridgehead atoms. The van der Waals surface area contributed by atoms with Crippen LogP contribution in [0.4, 0.5) is 5.13 Å². The van der Waals surface area contributed by atoms with Gasteiger partial charge < -0.3 is 15.5 Å². The molecule has 4 nitrogen and oxygen atoms in total. The van der Waals surface area contributed by atoms with E-state index in [1.807, 2.05) is 0 Å². The van der Waals surface area contributed by atoms with E-state index >= 15 is 0 Å². The summed E-state index contributed by atoms with van der Waals surface area (Å²) in [7, 11) is 4.32. The van der Waals surface area contributed by atoms with Crippen LogP contribution in [-0.4, -0.2) is 43.1 Å². The van der Waals surface area contributed by atoms with E-state index in [2.05, 4.69) is 37.7 Å². The third-order valence-electron chi connectivity index (χ3n) is 3.79. The number of hydrogen-bond donors (Lipinski definition) is 1. The molecule has 5 heteroatoms. The van der Waals surface area contributed by atoms with Gasteiger partial charge in [-0.25, -0.2) is 4.98 Å². The van der Waals surface area contributed by atoms with Gasteiger partial charge >= 0.3 is 0 Å². The van der Waals surface area contributed by atoms with Crippen LogP contribution in [0.5, 0.6) is 0 Å². The van der Waals surface area contributed by atoms with Crippen molar-refractivity contribution < 1.29 is 0 Å². The predicted octanol–water partition coefficient (Wildman–Crippen LogP) is 1.55. The van der Waals surface area contributed by atoms with Crippen LogP contribution in [0.3, 0.4) is 0 Å². The molecule has 18 heavy (non-hydrogen) atoms. The number of aryl methyl sites for hydroxylation is 1. The van der Waals surface area contributed by atoms with E-state index in [4.69, 9.17) is 10.7 Å². The van der Waals surface area contributed by atoms with E-state index in [9.17, 15) is 0 Å². The number of nitrogens with two attached hydrogens (primary N) is 1. The summed E-state index contributed by atoms with van der Waals surface area (Å²) in [5.74, 6) is 0.690. The summed E-state index contributed by atoms with van der Waals surface area (Å²) in [5.41, 5.74) is 6.96. The largest absolute Gasteiger partial charge is 0.346 e. The zero-order valence-electron chi connectivity index (χ0n) is 11.8. The van der Waals surface area contributed by atoms with E-state index in [1.54, 1.807) is 11.3 Å². The normalized spacial score (nSPS) is 24.2. The van der Waals surface area contributed by atoms with Crippen molar-refractivity contribution in [3.8, 4) is 0 Å². The monoisotopic (exact) mass is 268 g/mol. The highest BCUT2D eigenvalue weighted by atomic mass is 32.1. The first-order chi connectivity index (χ1) is 8.56. The van der Waals surface area contributed by atoms with Crippen LogP contribution in [0.2, 0.25) is 0 Å². The van der Waals surface area contributed by atoms with E-state index in [0.717, 1.165) is 24.6 Å². The molecule has 2 unspecified atom stereocenters. The molecule has 0 amide bonds. The molecule has 2 atom stereocenters. The molecule has 0 spiro atoms. The van der Waals surface area contributed by atoms with Gasteiger partial charge in [-0.15, -0.1) is 11.3 Å². The maximum atomic E-state index is 5.78. The molecule has 0 radical (unpaired) electrons. The Bertz CT molecular complexity index is 380. The number of hydrogen-bond acceptors (Lipinski definition) is 5. The smallest absolute Gasteiger partial charge is 0.185 e. The highest BCUT2D eigenvalue weighted by molar-refractivity contribution is 7.15. The number of nitrogens with zero attached hydrogens (tertiary/aromatic N) is 3. The number of rotatable bonds is 4. The quantitative estimate of drug-likeness (QED) is 0.900. The lowest BCUT2D eigenvalue weighted by molar-refractivity contribution is 0.266. The Morgan fingerprint density at radius 2 is 2.17 bits per heavy atom. The van der Waals surface area contributed by atoms with Crippen LogP contribution < -0.4 is 10.6 Å². The van der Waals surface area contributed by atoms with Crippen LogP contribution in [0.15, 0.2) is 0 Å². The summed E-state index contributed by atoms with van der Waals surface area (Å²) in [6.45, 7) is 7.26. The molecular formula is C13H24N4S. The second-order valence-corrected chi connectivity index (χ2v) is 6.40. The topological polar surface area (TPSA) is 45.4 Å². The first kappa shape index (κ1) is 13.8. The predicted molar refractivity (Wildman–Crippen MR) is 78.2 cm³/mol. The van der Waals surface area contributed by atoms with Gasteiger partial charge in [0.2, 0.25) is 0 Å². The highest BCUT2D eigenvalue weighted by Gasteiger charge is 2.32. The minimum absolute atomic E-state index is 0.612. The summed E-state index contributed by atoms with van der Waals surface area (Å²) in [5, 5.41) is 1.16. The molecule has 1 aliphatic heterocycles. The van der Waals surface area contributed by atoms with Crippen LogP contribution in [0.1, 0.15) is 24.4 Å². The van der Waals surface area contributed by atoms with Crippen LogP contribution in [-0.2, 0) is 13.0 Å². The van der Waals surface area contributed by atoms with Gasteiger partial charge in [0.05, 0.1) is 5.69 Å². The maximum absolute atomic E-state index is 5.78. The van der Waals surface area contributed by atoms with Crippen LogP contribution in [0.25, 0.3) is 0 Å². The van der Waals surface area contributed by atoms with Crippen molar-refractivity contribution in [3.05, 3.63) is 10.6 Å². The molecule has 0 aliphatic carbocycles. The second-order valence-electron chi connectivity index (χ2n) is 5.34. The van der Waals surface area contributed by atoms with Crippen molar-refractivity contribution in [2.45, 2.75) is 32.9 Å². The molecule has 2 heterocycles. The second kappa shape index (κ2) is 5.55. The first-order valence-electron chi connectivity index (χ1n) is 6.66. The van der Waals surface area contributed by atoms with E-state index < -0.39 is 0 Å². The molecule has 1 aromatic rings. The van der Waals surface area contributed by atoms with Crippen molar-refractivity contribution in [2.24, 2.45) is 11.7 Å². The van der Waals surface area contributed by atoms with Crippen LogP contribution in [0, 0.1) is 5.92 Å². The Morgan fingerprint density at radius 1 is 1.44 bits per heavy atom. The Kier molecular flexibility index (Phi) is 4.25. The lowest BCUT2D eigenvalue weighted by Gasteiger charge is -2.22. The van der Waals surface area contributed by atoms with Crippen LogP contribution >= 0.6 is 11.3 Å². The van der Waals surface area contributed by atoms with Crippen molar-refractivity contribution in [1.29, 1.82) is 0 Å². The molecule has 1 aromatic heterocycles. The zero-order valence-corrected chi connectivity index (χ0v) is 12.6. The van der Waals surface area contributed by atoms with E-state index in [-0.39, 0.29) is 0 Å². The van der Waals surface area contributed by atoms with Gasteiger partial charge in [0.1, 0.15) is 0 Å². The fourth-order valence-corrected chi connectivity index (χ4v) is 3.76. The first-order valence-corrected chi connectivity index (χ1v) is 7.48. The van der Waals surface area contributed by atoms with Crippen molar-refractivity contribution in [2.75, 3.05) is 32.1 Å². The molecule has 102 valence electrons. The lowest BCUT2D eigenvalue weighted by atomic mass is 10.1. The lowest BCUT2D eigenvalue weighted by Crippen LogP contribution is -2.34. The summed E-state index contributed by atoms with van der Waals surface area (Å²) >= 11 is 1.77. The van der Waals surface area contributed by atoms with E-state index in [1.165, 1.54) is 10.6 Å². The summed E-state index contributed by atoms with van der Waals surface area (Å²) in [6, 6.07) is 0.625. The van der Waals surface area contributed by atoms with Gasteiger partial charge in [0.15, 0.2) is 5.13 Å².